The van der Waals surface area contributed by atoms with E-state index in [4.69, 9.17) is 0 Å². The standard InChI is InChI=1S/C13H10FNO2/c14-10-6-8-12(9-7-10)15(13(16)17)11-4-2-1-3-5-11/h1-9H,(H,16,17). The van der Waals surface area contributed by atoms with E-state index in [1.165, 1.54) is 24.3 Å². The molecule has 17 heavy (non-hydrogen) atoms. The van der Waals surface area contributed by atoms with Gasteiger partial charge in [0.05, 0.1) is 11.4 Å². The second-order valence-corrected chi connectivity index (χ2v) is 3.43. The van der Waals surface area contributed by atoms with Gasteiger partial charge in [-0.05, 0) is 36.4 Å². The maximum atomic E-state index is 12.8. The molecular formula is C13H10FNO2. The Kier molecular flexibility index (Phi) is 3.05. The van der Waals surface area contributed by atoms with Gasteiger partial charge in [0, 0.05) is 0 Å². The Morgan fingerprint density at radius 3 is 2.00 bits per heavy atom. The Balaban J connectivity index is 2.43. The zero-order valence-electron chi connectivity index (χ0n) is 8.88. The number of carboxylic acid groups (broad SMARTS) is 1. The van der Waals surface area contributed by atoms with Crippen molar-refractivity contribution < 1.29 is 14.3 Å². The number of hydrogen-bond donors (Lipinski definition) is 1. The van der Waals surface area contributed by atoms with Crippen molar-refractivity contribution in [1.82, 2.24) is 0 Å². The molecule has 4 heteroatoms. The molecule has 0 saturated carbocycles. The van der Waals surface area contributed by atoms with Gasteiger partial charge in [-0.1, -0.05) is 18.2 Å². The number of benzene rings is 2. The van der Waals surface area contributed by atoms with Gasteiger partial charge in [0.25, 0.3) is 0 Å². The first kappa shape index (κ1) is 11.1. The minimum Gasteiger partial charge on any atom is -0.464 e. The Morgan fingerprint density at radius 2 is 1.47 bits per heavy atom. The first-order valence-corrected chi connectivity index (χ1v) is 5.02. The van der Waals surface area contributed by atoms with Crippen LogP contribution in [0.25, 0.3) is 0 Å². The first-order chi connectivity index (χ1) is 8.18. The van der Waals surface area contributed by atoms with Crippen molar-refractivity contribution in [3.63, 3.8) is 0 Å². The summed E-state index contributed by atoms with van der Waals surface area (Å²) in [5, 5.41) is 9.18. The number of amides is 1. The van der Waals surface area contributed by atoms with Gasteiger partial charge in [0.1, 0.15) is 5.82 Å². The second-order valence-electron chi connectivity index (χ2n) is 3.43. The van der Waals surface area contributed by atoms with Gasteiger partial charge in [-0.2, -0.15) is 0 Å². The van der Waals surface area contributed by atoms with E-state index in [1.54, 1.807) is 30.3 Å². The van der Waals surface area contributed by atoms with Crippen LogP contribution in [0.5, 0.6) is 0 Å². The number of halogens is 1. The summed E-state index contributed by atoms with van der Waals surface area (Å²) >= 11 is 0. The summed E-state index contributed by atoms with van der Waals surface area (Å²) in [6.45, 7) is 0. The van der Waals surface area contributed by atoms with Gasteiger partial charge in [-0.15, -0.1) is 0 Å². The van der Waals surface area contributed by atoms with Crippen LogP contribution in [0.3, 0.4) is 0 Å². The van der Waals surface area contributed by atoms with Crippen molar-refractivity contribution in [3.8, 4) is 0 Å². The third-order valence-corrected chi connectivity index (χ3v) is 2.29. The van der Waals surface area contributed by atoms with Crippen LogP contribution >= 0.6 is 0 Å². The van der Waals surface area contributed by atoms with E-state index in [-0.39, 0.29) is 0 Å². The molecule has 0 atom stereocenters. The van der Waals surface area contributed by atoms with Crippen molar-refractivity contribution in [2.24, 2.45) is 0 Å². The lowest BCUT2D eigenvalue weighted by Gasteiger charge is -2.19. The van der Waals surface area contributed by atoms with Crippen molar-refractivity contribution >= 4 is 17.5 Å². The maximum absolute atomic E-state index is 12.8. The summed E-state index contributed by atoms with van der Waals surface area (Å²) in [6.07, 6.45) is -1.11. The molecule has 0 spiro atoms. The first-order valence-electron chi connectivity index (χ1n) is 5.02. The fourth-order valence-corrected chi connectivity index (χ4v) is 1.54. The van der Waals surface area contributed by atoms with E-state index in [9.17, 15) is 14.3 Å². The van der Waals surface area contributed by atoms with E-state index in [0.717, 1.165) is 4.90 Å². The molecule has 1 N–H and O–H groups in total. The Labute approximate surface area is 97.7 Å². The minimum atomic E-state index is -1.11. The van der Waals surface area contributed by atoms with Crippen molar-refractivity contribution in [3.05, 3.63) is 60.4 Å². The van der Waals surface area contributed by atoms with Crippen molar-refractivity contribution in [1.29, 1.82) is 0 Å². The predicted molar refractivity (Wildman–Crippen MR) is 63.0 cm³/mol. The largest absolute Gasteiger partial charge is 0.464 e. The van der Waals surface area contributed by atoms with Gasteiger partial charge in [0.15, 0.2) is 0 Å². The zero-order chi connectivity index (χ0) is 12.3. The zero-order valence-corrected chi connectivity index (χ0v) is 8.88. The minimum absolute atomic E-state index is 0.396. The van der Waals surface area contributed by atoms with Crippen LogP contribution in [0.1, 0.15) is 0 Å². The van der Waals surface area contributed by atoms with Crippen LogP contribution in [0, 0.1) is 5.82 Å². The summed E-state index contributed by atoms with van der Waals surface area (Å²) in [6, 6.07) is 14.0. The molecule has 0 aliphatic rings. The van der Waals surface area contributed by atoms with E-state index in [1.807, 2.05) is 0 Å². The monoisotopic (exact) mass is 231 g/mol. The average molecular weight is 231 g/mol. The molecule has 2 aromatic carbocycles. The van der Waals surface area contributed by atoms with Crippen LogP contribution in [0.2, 0.25) is 0 Å². The molecule has 0 heterocycles. The smallest absolute Gasteiger partial charge is 0.416 e. The lowest BCUT2D eigenvalue weighted by atomic mass is 10.2. The third-order valence-electron chi connectivity index (χ3n) is 2.29. The van der Waals surface area contributed by atoms with Crippen LogP contribution in [-0.4, -0.2) is 11.2 Å². The lowest BCUT2D eigenvalue weighted by molar-refractivity contribution is 0.205. The number of nitrogens with zero attached hydrogens (tertiary/aromatic N) is 1. The normalized spacial score (nSPS) is 9.94. The molecular weight excluding hydrogens is 221 g/mol. The van der Waals surface area contributed by atoms with Crippen molar-refractivity contribution in [2.75, 3.05) is 4.90 Å². The van der Waals surface area contributed by atoms with Crippen LogP contribution in [0.4, 0.5) is 20.6 Å². The number of rotatable bonds is 2. The molecule has 0 bridgehead atoms. The summed E-state index contributed by atoms with van der Waals surface area (Å²) in [7, 11) is 0. The third kappa shape index (κ3) is 2.42. The molecule has 86 valence electrons. The maximum Gasteiger partial charge on any atom is 0.416 e. The fraction of sp³-hybridized carbons (Fsp3) is 0. The Bertz CT molecular complexity index is 511. The topological polar surface area (TPSA) is 40.5 Å². The summed E-state index contributed by atoms with van der Waals surface area (Å²) < 4.78 is 12.8. The number of anilines is 2. The average Bonchev–Trinajstić information content (AvgIpc) is 2.33. The number of hydrogen-bond acceptors (Lipinski definition) is 1. The molecule has 3 nitrogen and oxygen atoms in total. The highest BCUT2D eigenvalue weighted by Crippen LogP contribution is 2.25. The van der Waals surface area contributed by atoms with E-state index in [2.05, 4.69) is 0 Å². The van der Waals surface area contributed by atoms with Gasteiger partial charge >= 0.3 is 6.09 Å². The molecule has 1 amide bonds. The summed E-state index contributed by atoms with van der Waals surface area (Å²) in [5.74, 6) is -0.396. The highest BCUT2D eigenvalue weighted by atomic mass is 19.1. The SMILES string of the molecule is O=C(O)N(c1ccccc1)c1ccc(F)cc1. The Morgan fingerprint density at radius 1 is 0.941 bits per heavy atom. The molecule has 2 aromatic rings. The van der Waals surface area contributed by atoms with Gasteiger partial charge in [-0.3, -0.25) is 0 Å². The molecule has 0 unspecified atom stereocenters. The number of carbonyl (C=O) groups is 1. The van der Waals surface area contributed by atoms with E-state index in [0.29, 0.717) is 11.4 Å². The Hall–Kier alpha value is -2.36. The van der Waals surface area contributed by atoms with Crippen molar-refractivity contribution in [2.45, 2.75) is 0 Å². The summed E-state index contributed by atoms with van der Waals surface area (Å²) in [4.78, 5) is 12.3. The quantitative estimate of drug-likeness (QED) is 0.857. The predicted octanol–water partition coefficient (Wildman–Crippen LogP) is 3.64. The fourth-order valence-electron chi connectivity index (χ4n) is 1.54. The molecule has 0 aromatic heterocycles. The lowest BCUT2D eigenvalue weighted by Crippen LogP contribution is -2.23. The highest BCUT2D eigenvalue weighted by molar-refractivity contribution is 5.94. The molecule has 0 fully saturated rings. The van der Waals surface area contributed by atoms with Crippen LogP contribution in [0.15, 0.2) is 54.6 Å². The van der Waals surface area contributed by atoms with E-state index < -0.39 is 11.9 Å². The molecule has 0 aliphatic heterocycles. The molecule has 0 radical (unpaired) electrons. The second kappa shape index (κ2) is 4.65. The van der Waals surface area contributed by atoms with E-state index >= 15 is 0 Å². The van der Waals surface area contributed by atoms with Crippen LogP contribution in [-0.2, 0) is 0 Å². The molecule has 0 aliphatic carbocycles. The molecule has 0 saturated heterocycles. The van der Waals surface area contributed by atoms with Gasteiger partial charge in [-0.25, -0.2) is 14.1 Å². The summed E-state index contributed by atoms with van der Waals surface area (Å²) in [5.41, 5.74) is 0.928. The molecule has 2 rings (SSSR count). The highest BCUT2D eigenvalue weighted by Gasteiger charge is 2.16. The number of para-hydroxylation sites is 1. The van der Waals surface area contributed by atoms with Gasteiger partial charge in [0.2, 0.25) is 0 Å². The van der Waals surface area contributed by atoms with Crippen LogP contribution < -0.4 is 4.90 Å². The van der Waals surface area contributed by atoms with Gasteiger partial charge < -0.3 is 5.11 Å².